The summed E-state index contributed by atoms with van der Waals surface area (Å²) in [7, 11) is 4.09. The third kappa shape index (κ3) is 4.19. The molecule has 2 nitrogen and oxygen atoms in total. The molecule has 0 aromatic carbocycles. The van der Waals surface area contributed by atoms with E-state index < -0.39 is 0 Å². The molecule has 0 atom stereocenters. The molecular weight excluding hydrogens is 160 g/mol. The maximum Gasteiger partial charge on any atom is 0.0436 e. The molecule has 2 heteroatoms. The highest BCUT2D eigenvalue weighted by Crippen LogP contribution is 2.13. The molecule has 0 heterocycles. The Bertz CT molecular complexity index is 179. The molecule has 0 rings (SSSR count). The van der Waals surface area contributed by atoms with Gasteiger partial charge in [0.1, 0.15) is 0 Å². The van der Waals surface area contributed by atoms with E-state index in [9.17, 15) is 0 Å². The Morgan fingerprint density at radius 3 is 2.23 bits per heavy atom. The zero-order valence-corrected chi connectivity index (χ0v) is 9.59. The fourth-order valence-corrected chi connectivity index (χ4v) is 1.38. The van der Waals surface area contributed by atoms with Crippen molar-refractivity contribution in [2.24, 2.45) is 0 Å². The van der Waals surface area contributed by atoms with Crippen LogP contribution in [-0.4, -0.2) is 42.5 Å². The van der Waals surface area contributed by atoms with Crippen molar-refractivity contribution in [3.8, 4) is 12.5 Å². The molecular formula is C11H22N2. The van der Waals surface area contributed by atoms with Gasteiger partial charge in [-0.05, 0) is 33.9 Å². The molecule has 0 amide bonds. The van der Waals surface area contributed by atoms with E-state index in [0.29, 0.717) is 0 Å². The normalized spacial score (nSPS) is 11.5. The van der Waals surface area contributed by atoms with Gasteiger partial charge < -0.3 is 4.90 Å². The second-order valence-corrected chi connectivity index (χ2v) is 4.22. The predicted octanol–water partition coefficient (Wildman–Crippen LogP) is 1.63. The minimum absolute atomic E-state index is 0.150. The van der Waals surface area contributed by atoms with E-state index in [1.165, 1.54) is 6.42 Å². The van der Waals surface area contributed by atoms with Crippen LogP contribution in [0.25, 0.3) is 0 Å². The fraction of sp³-hybridized carbons (Fsp3) is 0.818. The van der Waals surface area contributed by atoms with Crippen LogP contribution in [0.5, 0.6) is 0 Å². The van der Waals surface area contributed by atoms with E-state index in [4.69, 9.17) is 6.42 Å². The topological polar surface area (TPSA) is 6.48 Å². The van der Waals surface area contributed by atoms with Gasteiger partial charge in [-0.3, -0.25) is 4.90 Å². The maximum absolute atomic E-state index is 5.31. The Morgan fingerprint density at radius 2 is 1.85 bits per heavy atom. The van der Waals surface area contributed by atoms with Crippen LogP contribution in [0.3, 0.4) is 0 Å². The summed E-state index contributed by atoms with van der Waals surface area (Å²) in [5, 5.41) is 0. The molecule has 0 aromatic heterocycles. The first kappa shape index (κ1) is 12.3. The number of terminal acetylenes is 1. The quantitative estimate of drug-likeness (QED) is 0.471. The molecule has 0 saturated carbocycles. The smallest absolute Gasteiger partial charge is 0.0436 e. The summed E-state index contributed by atoms with van der Waals surface area (Å²) in [6, 6.07) is 2.62. The lowest BCUT2D eigenvalue weighted by molar-refractivity contribution is 0.129. The molecule has 0 bridgehead atoms. The van der Waals surface area contributed by atoms with Gasteiger partial charge in [-0.1, -0.05) is 13.3 Å². The van der Waals surface area contributed by atoms with Crippen LogP contribution < -0.4 is 0 Å². The van der Waals surface area contributed by atoms with Crippen LogP contribution in [0.1, 0.15) is 27.2 Å². The first-order valence-electron chi connectivity index (χ1n) is 4.82. The molecule has 0 fully saturated rings. The molecule has 0 radical (unpaired) electrons. The Hall–Kier alpha value is -0.680. The van der Waals surface area contributed by atoms with Crippen LogP contribution in [0.4, 0.5) is 0 Å². The molecule has 0 aliphatic rings. The third-order valence-corrected chi connectivity index (χ3v) is 2.44. The van der Waals surface area contributed by atoms with E-state index in [-0.39, 0.29) is 5.54 Å². The van der Waals surface area contributed by atoms with Crippen molar-refractivity contribution in [1.82, 2.24) is 9.80 Å². The molecule has 0 aliphatic carbocycles. The molecule has 13 heavy (non-hydrogen) atoms. The van der Waals surface area contributed by atoms with Crippen molar-refractivity contribution in [3.05, 3.63) is 0 Å². The minimum Gasteiger partial charge on any atom is -0.334 e. The van der Waals surface area contributed by atoms with Crippen molar-refractivity contribution < 1.29 is 0 Å². The number of hydrogen-bond acceptors (Lipinski definition) is 2. The monoisotopic (exact) mass is 182 g/mol. The van der Waals surface area contributed by atoms with Gasteiger partial charge in [0.05, 0.1) is 0 Å². The van der Waals surface area contributed by atoms with Crippen molar-refractivity contribution >= 4 is 0 Å². The average molecular weight is 182 g/mol. The van der Waals surface area contributed by atoms with Crippen molar-refractivity contribution in [2.45, 2.75) is 32.7 Å². The standard InChI is InChI=1S/C11H22N2/c1-7-9-13(6)11(3,4)10-12(5)8-2/h2H,7,9-10H2,1,3-6H3. The van der Waals surface area contributed by atoms with Crippen LogP contribution in [0.2, 0.25) is 0 Å². The maximum atomic E-state index is 5.31. The lowest BCUT2D eigenvalue weighted by atomic mass is 10.0. The average Bonchev–Trinajstić information content (AvgIpc) is 2.04. The SMILES string of the molecule is C#CN(C)CC(C)(C)N(C)CCC. The van der Waals surface area contributed by atoms with Crippen molar-refractivity contribution in [3.63, 3.8) is 0 Å². The highest BCUT2D eigenvalue weighted by atomic mass is 15.2. The highest BCUT2D eigenvalue weighted by molar-refractivity contribution is 4.90. The zero-order valence-electron chi connectivity index (χ0n) is 9.59. The number of likely N-dealkylation sites (N-methyl/N-ethyl adjacent to an activating group) is 2. The van der Waals surface area contributed by atoms with E-state index in [0.717, 1.165) is 13.1 Å². The zero-order chi connectivity index (χ0) is 10.5. The molecule has 76 valence electrons. The van der Waals surface area contributed by atoms with Crippen LogP contribution >= 0.6 is 0 Å². The summed E-state index contributed by atoms with van der Waals surface area (Å²) in [6.45, 7) is 8.65. The third-order valence-electron chi connectivity index (χ3n) is 2.44. The minimum atomic E-state index is 0.150. The van der Waals surface area contributed by atoms with Gasteiger partial charge in [0.25, 0.3) is 0 Å². The molecule has 0 aromatic rings. The first-order valence-corrected chi connectivity index (χ1v) is 4.82. The van der Waals surface area contributed by atoms with Crippen LogP contribution in [0.15, 0.2) is 0 Å². The van der Waals surface area contributed by atoms with E-state index in [2.05, 4.69) is 38.8 Å². The Balaban J connectivity index is 4.14. The summed E-state index contributed by atoms with van der Waals surface area (Å²) in [5.41, 5.74) is 0.150. The van der Waals surface area contributed by atoms with Gasteiger partial charge in [-0.2, -0.15) is 0 Å². The van der Waals surface area contributed by atoms with Crippen LogP contribution in [0, 0.1) is 12.5 Å². The molecule has 0 N–H and O–H groups in total. The van der Waals surface area contributed by atoms with E-state index in [1.54, 1.807) is 0 Å². The van der Waals surface area contributed by atoms with Crippen LogP contribution in [-0.2, 0) is 0 Å². The second-order valence-electron chi connectivity index (χ2n) is 4.22. The number of hydrogen-bond donors (Lipinski definition) is 0. The lowest BCUT2D eigenvalue weighted by Crippen LogP contribution is -2.48. The molecule has 0 spiro atoms. The fourth-order valence-electron chi connectivity index (χ4n) is 1.38. The number of rotatable bonds is 5. The largest absolute Gasteiger partial charge is 0.334 e. The lowest BCUT2D eigenvalue weighted by Gasteiger charge is -2.37. The second kappa shape index (κ2) is 5.14. The molecule has 0 unspecified atom stereocenters. The summed E-state index contributed by atoms with van der Waals surface area (Å²) in [4.78, 5) is 4.24. The van der Waals surface area contributed by atoms with Gasteiger partial charge in [-0.15, -0.1) is 0 Å². The number of nitrogens with zero attached hydrogens (tertiary/aromatic N) is 2. The van der Waals surface area contributed by atoms with Gasteiger partial charge in [-0.25, -0.2) is 0 Å². The van der Waals surface area contributed by atoms with Gasteiger partial charge in [0, 0.05) is 25.2 Å². The van der Waals surface area contributed by atoms with Crippen molar-refractivity contribution in [2.75, 3.05) is 27.2 Å². The highest BCUT2D eigenvalue weighted by Gasteiger charge is 2.23. The Labute approximate surface area is 82.9 Å². The molecule has 0 aliphatic heterocycles. The summed E-state index contributed by atoms with van der Waals surface area (Å²) in [5.74, 6) is 0. The summed E-state index contributed by atoms with van der Waals surface area (Å²) < 4.78 is 0. The van der Waals surface area contributed by atoms with Gasteiger partial charge in [0.15, 0.2) is 0 Å². The summed E-state index contributed by atoms with van der Waals surface area (Å²) >= 11 is 0. The van der Waals surface area contributed by atoms with Crippen molar-refractivity contribution in [1.29, 1.82) is 0 Å². The Morgan fingerprint density at radius 1 is 1.31 bits per heavy atom. The van der Waals surface area contributed by atoms with E-state index in [1.807, 2.05) is 11.9 Å². The molecule has 0 saturated heterocycles. The van der Waals surface area contributed by atoms with Gasteiger partial charge >= 0.3 is 0 Å². The van der Waals surface area contributed by atoms with Gasteiger partial charge in [0.2, 0.25) is 0 Å². The Kier molecular flexibility index (Phi) is 4.87. The van der Waals surface area contributed by atoms with E-state index >= 15 is 0 Å². The summed E-state index contributed by atoms with van der Waals surface area (Å²) in [6.07, 6.45) is 6.49. The predicted molar refractivity (Wildman–Crippen MR) is 58.5 cm³/mol. The first-order chi connectivity index (χ1) is 5.94.